The highest BCUT2D eigenvalue weighted by Crippen LogP contribution is 2.35. The van der Waals surface area contributed by atoms with Crippen LogP contribution in [0.5, 0.6) is 0 Å². The van der Waals surface area contributed by atoms with Crippen LogP contribution in [-0.2, 0) is 0 Å². The van der Waals surface area contributed by atoms with Gasteiger partial charge < -0.3 is 11.1 Å². The zero-order chi connectivity index (χ0) is 12.4. The van der Waals surface area contributed by atoms with E-state index in [1.807, 2.05) is 6.07 Å². The van der Waals surface area contributed by atoms with Crippen molar-refractivity contribution in [3.05, 3.63) is 28.2 Å². The van der Waals surface area contributed by atoms with Gasteiger partial charge in [0.1, 0.15) is 0 Å². The minimum atomic E-state index is -0.0626. The summed E-state index contributed by atoms with van der Waals surface area (Å²) in [5.74, 6) is 0.602. The van der Waals surface area contributed by atoms with Crippen LogP contribution < -0.4 is 11.1 Å². The van der Waals surface area contributed by atoms with Crippen molar-refractivity contribution in [2.24, 2.45) is 5.92 Å². The molecule has 2 atom stereocenters. The second kappa shape index (κ2) is 5.08. The van der Waals surface area contributed by atoms with Crippen LogP contribution in [0.25, 0.3) is 0 Å². The summed E-state index contributed by atoms with van der Waals surface area (Å²) in [6.45, 7) is 2.17. The maximum Gasteiger partial charge on any atom is 0.253 e. The van der Waals surface area contributed by atoms with Crippen LogP contribution in [0.4, 0.5) is 5.69 Å². The van der Waals surface area contributed by atoms with Gasteiger partial charge in [0.25, 0.3) is 5.91 Å². The smallest absolute Gasteiger partial charge is 0.253 e. The summed E-state index contributed by atoms with van der Waals surface area (Å²) in [7, 11) is 0. The number of amides is 1. The second-order valence-electron chi connectivity index (χ2n) is 4.60. The van der Waals surface area contributed by atoms with E-state index in [-0.39, 0.29) is 5.91 Å². The molecule has 1 fully saturated rings. The number of carbonyl (C=O) groups excluding carboxylic acids is 1. The van der Waals surface area contributed by atoms with Crippen molar-refractivity contribution in [1.29, 1.82) is 0 Å². The Hall–Kier alpha value is -1.03. The van der Waals surface area contributed by atoms with Gasteiger partial charge in [-0.3, -0.25) is 4.79 Å². The van der Waals surface area contributed by atoms with Crippen molar-refractivity contribution >= 4 is 27.5 Å². The van der Waals surface area contributed by atoms with Gasteiger partial charge in [-0.1, -0.05) is 29.3 Å². The van der Waals surface area contributed by atoms with E-state index in [0.717, 1.165) is 10.9 Å². The highest BCUT2D eigenvalue weighted by Gasteiger charge is 2.37. The topological polar surface area (TPSA) is 55.1 Å². The molecule has 0 heterocycles. The molecule has 1 aromatic carbocycles. The lowest BCUT2D eigenvalue weighted by atomic mass is 10.1. The zero-order valence-electron chi connectivity index (χ0n) is 9.87. The Bertz CT molecular complexity index is 433. The normalized spacial score (nSPS) is 22.2. The number of halogens is 1. The van der Waals surface area contributed by atoms with E-state index in [2.05, 4.69) is 28.2 Å². The molecule has 0 bridgehead atoms. The highest BCUT2D eigenvalue weighted by atomic mass is 79.9. The van der Waals surface area contributed by atoms with Crippen LogP contribution in [0.1, 0.15) is 36.5 Å². The Morgan fingerprint density at radius 2 is 2.35 bits per heavy atom. The van der Waals surface area contributed by atoms with Crippen LogP contribution in [0.3, 0.4) is 0 Å². The van der Waals surface area contributed by atoms with E-state index >= 15 is 0 Å². The minimum Gasteiger partial charge on any atom is -0.398 e. The van der Waals surface area contributed by atoms with E-state index in [4.69, 9.17) is 5.73 Å². The van der Waals surface area contributed by atoms with Gasteiger partial charge in [-0.05, 0) is 37.0 Å². The summed E-state index contributed by atoms with van der Waals surface area (Å²) < 4.78 is 0.873. The summed E-state index contributed by atoms with van der Waals surface area (Å²) in [6, 6.07) is 5.70. The number of nitrogens with two attached hydrogens (primary N) is 1. The van der Waals surface area contributed by atoms with Crippen molar-refractivity contribution < 1.29 is 4.79 Å². The van der Waals surface area contributed by atoms with E-state index in [0.29, 0.717) is 23.2 Å². The standard InChI is InChI=1S/C13H17BrN2O/c1-2-3-8-6-12(8)16-13(17)10-7-9(14)4-5-11(10)15/h4-5,7-8,12H,2-3,6,15H2,1H3,(H,16,17). The average Bonchev–Trinajstić information content (AvgIpc) is 3.00. The lowest BCUT2D eigenvalue weighted by Crippen LogP contribution is -2.27. The van der Waals surface area contributed by atoms with Crippen LogP contribution in [0.15, 0.2) is 22.7 Å². The molecule has 2 unspecified atom stereocenters. The van der Waals surface area contributed by atoms with Crippen molar-refractivity contribution in [2.45, 2.75) is 32.2 Å². The predicted octanol–water partition coefficient (Wildman–Crippen LogP) is 2.95. The Morgan fingerprint density at radius 1 is 1.59 bits per heavy atom. The van der Waals surface area contributed by atoms with Gasteiger partial charge in [0.05, 0.1) is 5.56 Å². The SMILES string of the molecule is CCCC1CC1NC(=O)c1cc(Br)ccc1N. The molecule has 17 heavy (non-hydrogen) atoms. The first-order valence-corrected chi connectivity index (χ1v) is 6.77. The lowest BCUT2D eigenvalue weighted by Gasteiger charge is -2.07. The molecule has 1 saturated carbocycles. The first-order chi connectivity index (χ1) is 8.11. The van der Waals surface area contributed by atoms with Gasteiger partial charge in [-0.15, -0.1) is 0 Å². The number of anilines is 1. The van der Waals surface area contributed by atoms with Gasteiger partial charge in [0.15, 0.2) is 0 Å². The third-order valence-electron chi connectivity index (χ3n) is 3.16. The third-order valence-corrected chi connectivity index (χ3v) is 3.65. The Balaban J connectivity index is 1.98. The van der Waals surface area contributed by atoms with E-state index in [1.54, 1.807) is 12.1 Å². The maximum atomic E-state index is 12.0. The molecule has 0 saturated heterocycles. The number of carbonyl (C=O) groups is 1. The lowest BCUT2D eigenvalue weighted by molar-refractivity contribution is 0.0949. The largest absolute Gasteiger partial charge is 0.398 e. The van der Waals surface area contributed by atoms with E-state index < -0.39 is 0 Å². The summed E-state index contributed by atoms with van der Waals surface area (Å²) in [5.41, 5.74) is 6.88. The summed E-state index contributed by atoms with van der Waals surface area (Å²) in [6.07, 6.45) is 3.47. The second-order valence-corrected chi connectivity index (χ2v) is 5.51. The van der Waals surface area contributed by atoms with Crippen LogP contribution in [-0.4, -0.2) is 11.9 Å². The summed E-state index contributed by atoms with van der Waals surface area (Å²) in [4.78, 5) is 12.0. The Labute approximate surface area is 110 Å². The van der Waals surface area contributed by atoms with Crippen LogP contribution in [0, 0.1) is 5.92 Å². The monoisotopic (exact) mass is 296 g/mol. The molecule has 0 spiro atoms. The Kier molecular flexibility index (Phi) is 3.72. The first-order valence-electron chi connectivity index (χ1n) is 5.97. The number of rotatable bonds is 4. The predicted molar refractivity (Wildman–Crippen MR) is 72.8 cm³/mol. The van der Waals surface area contributed by atoms with Gasteiger partial charge in [0, 0.05) is 16.2 Å². The number of nitrogen functional groups attached to an aromatic ring is 1. The molecule has 92 valence electrons. The summed E-state index contributed by atoms with van der Waals surface area (Å²) in [5, 5.41) is 3.03. The fraction of sp³-hybridized carbons (Fsp3) is 0.462. The molecule has 1 aromatic rings. The molecule has 1 amide bonds. The van der Waals surface area contributed by atoms with Gasteiger partial charge in [-0.2, -0.15) is 0 Å². The maximum absolute atomic E-state index is 12.0. The fourth-order valence-corrected chi connectivity index (χ4v) is 2.45. The van der Waals surface area contributed by atoms with Crippen molar-refractivity contribution in [3.8, 4) is 0 Å². The van der Waals surface area contributed by atoms with Crippen molar-refractivity contribution in [3.63, 3.8) is 0 Å². The molecule has 3 N–H and O–H groups in total. The molecular formula is C13H17BrN2O. The average molecular weight is 297 g/mol. The molecule has 0 radical (unpaired) electrons. The number of hydrogen-bond donors (Lipinski definition) is 2. The number of nitrogens with one attached hydrogen (secondary N) is 1. The van der Waals surface area contributed by atoms with Crippen LogP contribution >= 0.6 is 15.9 Å². The Morgan fingerprint density at radius 3 is 3.06 bits per heavy atom. The molecule has 1 aliphatic carbocycles. The highest BCUT2D eigenvalue weighted by molar-refractivity contribution is 9.10. The third kappa shape index (κ3) is 3.00. The molecule has 3 nitrogen and oxygen atoms in total. The minimum absolute atomic E-state index is 0.0626. The van der Waals surface area contributed by atoms with E-state index in [9.17, 15) is 4.79 Å². The summed E-state index contributed by atoms with van der Waals surface area (Å²) >= 11 is 3.35. The first kappa shape index (κ1) is 12.4. The van der Waals surface area contributed by atoms with Crippen molar-refractivity contribution in [2.75, 3.05) is 5.73 Å². The molecular weight excluding hydrogens is 280 g/mol. The fourth-order valence-electron chi connectivity index (χ4n) is 2.09. The van der Waals surface area contributed by atoms with Gasteiger partial charge in [0.2, 0.25) is 0 Å². The molecule has 2 rings (SSSR count). The van der Waals surface area contributed by atoms with Crippen LogP contribution in [0.2, 0.25) is 0 Å². The molecule has 1 aliphatic rings. The number of benzene rings is 1. The molecule has 4 heteroatoms. The van der Waals surface area contributed by atoms with E-state index in [1.165, 1.54) is 12.8 Å². The van der Waals surface area contributed by atoms with Gasteiger partial charge in [-0.25, -0.2) is 0 Å². The molecule has 0 aliphatic heterocycles. The number of hydrogen-bond acceptors (Lipinski definition) is 2. The zero-order valence-corrected chi connectivity index (χ0v) is 11.5. The van der Waals surface area contributed by atoms with Gasteiger partial charge >= 0.3 is 0 Å². The van der Waals surface area contributed by atoms with Crippen molar-refractivity contribution in [1.82, 2.24) is 5.32 Å². The quantitative estimate of drug-likeness (QED) is 0.840. The molecule has 0 aromatic heterocycles.